The molecule has 2 N–H and O–H groups in total. The van der Waals surface area contributed by atoms with Crippen LogP contribution in [0.5, 0.6) is 0 Å². The van der Waals surface area contributed by atoms with E-state index in [1.165, 1.54) is 36.0 Å². The topological polar surface area (TPSA) is 74.8 Å². The van der Waals surface area contributed by atoms with Gasteiger partial charge in [-0.3, -0.25) is 9.59 Å². The van der Waals surface area contributed by atoms with Crippen molar-refractivity contribution in [3.05, 3.63) is 57.5 Å². The number of halogens is 3. The summed E-state index contributed by atoms with van der Waals surface area (Å²) >= 11 is 1.27. The van der Waals surface area contributed by atoms with Crippen LogP contribution in [0.25, 0.3) is 0 Å². The molecular formula is C17H18F3N3O2S. The first-order chi connectivity index (χ1) is 12.2. The molecule has 1 amide bonds. The van der Waals surface area contributed by atoms with Crippen LogP contribution in [-0.4, -0.2) is 28.3 Å². The zero-order valence-corrected chi connectivity index (χ0v) is 15.0. The first-order valence-electron chi connectivity index (χ1n) is 7.77. The van der Waals surface area contributed by atoms with Crippen molar-refractivity contribution in [2.24, 2.45) is 0 Å². The fourth-order valence-corrected chi connectivity index (χ4v) is 2.87. The standard InChI is InChI=1S/C17H18F3N3O2S/c1-10-12(15(25)23-16(21-10)26-2)8-9-13(24)22-14(17(18,19)20)11-6-4-3-5-7-11/h3-7,14H,8-9H2,1-2H3,(H,22,24)(H,21,23,25). The average Bonchev–Trinajstić information content (AvgIpc) is 2.58. The van der Waals surface area contributed by atoms with Gasteiger partial charge in [0.25, 0.3) is 5.56 Å². The van der Waals surface area contributed by atoms with Crippen LogP contribution in [0.2, 0.25) is 0 Å². The number of nitrogens with one attached hydrogen (secondary N) is 2. The molecule has 26 heavy (non-hydrogen) atoms. The minimum absolute atomic E-state index is 0.00796. The Balaban J connectivity index is 2.09. The third-order valence-corrected chi connectivity index (χ3v) is 4.34. The third-order valence-electron chi connectivity index (χ3n) is 3.76. The second-order valence-electron chi connectivity index (χ2n) is 5.59. The summed E-state index contributed by atoms with van der Waals surface area (Å²) < 4.78 is 39.8. The highest BCUT2D eigenvalue weighted by Gasteiger charge is 2.41. The van der Waals surface area contributed by atoms with E-state index in [4.69, 9.17) is 0 Å². The summed E-state index contributed by atoms with van der Waals surface area (Å²) in [6, 6.07) is 5.06. The molecule has 2 aromatic rings. The fourth-order valence-electron chi connectivity index (χ4n) is 2.45. The predicted molar refractivity (Wildman–Crippen MR) is 93.1 cm³/mol. The average molecular weight is 385 g/mol. The summed E-state index contributed by atoms with van der Waals surface area (Å²) in [4.78, 5) is 30.8. The Morgan fingerprint density at radius 3 is 2.50 bits per heavy atom. The molecule has 9 heteroatoms. The van der Waals surface area contributed by atoms with E-state index in [-0.39, 0.29) is 24.0 Å². The summed E-state index contributed by atoms with van der Waals surface area (Å²) in [6.07, 6.45) is -3.10. The quantitative estimate of drug-likeness (QED) is 0.592. The molecule has 140 valence electrons. The van der Waals surface area contributed by atoms with Crippen molar-refractivity contribution in [1.29, 1.82) is 0 Å². The Labute approximate surface area is 152 Å². The maximum atomic E-state index is 13.3. The third kappa shape index (κ3) is 5.10. The number of nitrogens with zero attached hydrogens (tertiary/aromatic N) is 1. The maximum Gasteiger partial charge on any atom is 0.412 e. The number of thioether (sulfide) groups is 1. The highest BCUT2D eigenvalue weighted by Crippen LogP contribution is 2.32. The lowest BCUT2D eigenvalue weighted by molar-refractivity contribution is -0.163. The minimum atomic E-state index is -4.62. The van der Waals surface area contributed by atoms with Gasteiger partial charge in [-0.15, -0.1) is 0 Å². The highest BCUT2D eigenvalue weighted by atomic mass is 32.2. The van der Waals surface area contributed by atoms with Gasteiger partial charge in [0.1, 0.15) is 0 Å². The van der Waals surface area contributed by atoms with Gasteiger partial charge in [0.2, 0.25) is 5.91 Å². The van der Waals surface area contributed by atoms with Gasteiger partial charge in [-0.1, -0.05) is 42.1 Å². The van der Waals surface area contributed by atoms with E-state index in [1.54, 1.807) is 19.2 Å². The van der Waals surface area contributed by atoms with E-state index in [9.17, 15) is 22.8 Å². The van der Waals surface area contributed by atoms with E-state index >= 15 is 0 Å². The zero-order chi connectivity index (χ0) is 19.3. The number of rotatable bonds is 6. The summed E-state index contributed by atoms with van der Waals surface area (Å²) in [5, 5.41) is 2.45. The van der Waals surface area contributed by atoms with Crippen LogP contribution in [0.1, 0.15) is 29.3 Å². The molecular weight excluding hydrogens is 367 g/mol. The van der Waals surface area contributed by atoms with Gasteiger partial charge in [0, 0.05) is 17.7 Å². The number of H-pyrrole nitrogens is 1. The van der Waals surface area contributed by atoms with Gasteiger partial charge in [-0.2, -0.15) is 13.2 Å². The van der Waals surface area contributed by atoms with Crippen LogP contribution >= 0.6 is 11.8 Å². The van der Waals surface area contributed by atoms with Gasteiger partial charge in [0.05, 0.1) is 0 Å². The number of benzene rings is 1. The Morgan fingerprint density at radius 1 is 1.31 bits per heavy atom. The van der Waals surface area contributed by atoms with Gasteiger partial charge >= 0.3 is 6.18 Å². The molecule has 1 atom stereocenters. The molecule has 0 spiro atoms. The summed E-state index contributed by atoms with van der Waals surface area (Å²) in [5.41, 5.74) is 0.320. The van der Waals surface area contributed by atoms with E-state index < -0.39 is 18.1 Å². The molecule has 0 radical (unpaired) electrons. The Hall–Kier alpha value is -2.29. The van der Waals surface area contributed by atoms with Gasteiger partial charge in [-0.05, 0) is 25.2 Å². The summed E-state index contributed by atoms with van der Waals surface area (Å²) in [6.45, 7) is 1.63. The Kier molecular flexibility index (Phi) is 6.47. The SMILES string of the molecule is CSc1nc(C)c(CCC(=O)NC(c2ccccc2)C(F)(F)F)c(=O)[nH]1. The lowest BCUT2D eigenvalue weighted by atomic mass is 10.1. The Bertz CT molecular complexity index is 822. The first-order valence-corrected chi connectivity index (χ1v) is 8.99. The van der Waals surface area contributed by atoms with Crippen LogP contribution in [0.15, 0.2) is 40.3 Å². The molecule has 1 aromatic carbocycles. The van der Waals surface area contributed by atoms with Gasteiger partial charge in [-0.25, -0.2) is 4.98 Å². The largest absolute Gasteiger partial charge is 0.412 e. The molecule has 0 saturated heterocycles. The lowest BCUT2D eigenvalue weighted by Crippen LogP contribution is -2.38. The van der Waals surface area contributed by atoms with Crippen molar-refractivity contribution in [1.82, 2.24) is 15.3 Å². The van der Waals surface area contributed by atoms with Crippen molar-refractivity contribution in [2.45, 2.75) is 37.1 Å². The highest BCUT2D eigenvalue weighted by molar-refractivity contribution is 7.98. The van der Waals surface area contributed by atoms with E-state index in [1.807, 2.05) is 5.32 Å². The van der Waals surface area contributed by atoms with Gasteiger partial charge in [0.15, 0.2) is 11.2 Å². The summed E-state index contributed by atoms with van der Waals surface area (Å²) in [5.74, 6) is -0.788. The number of carbonyl (C=O) groups is 1. The van der Waals surface area contributed by atoms with Gasteiger partial charge < -0.3 is 10.3 Å². The van der Waals surface area contributed by atoms with Crippen LogP contribution in [0.3, 0.4) is 0 Å². The monoisotopic (exact) mass is 385 g/mol. The molecule has 0 fully saturated rings. The smallest absolute Gasteiger partial charge is 0.341 e. The number of aromatic amines is 1. The first kappa shape index (κ1) is 20.0. The Morgan fingerprint density at radius 2 is 1.96 bits per heavy atom. The molecule has 0 saturated carbocycles. The molecule has 0 bridgehead atoms. The fraction of sp³-hybridized carbons (Fsp3) is 0.353. The van der Waals surface area contributed by atoms with Crippen molar-refractivity contribution in [2.75, 3.05) is 6.26 Å². The molecule has 1 unspecified atom stereocenters. The van der Waals surface area contributed by atoms with Crippen molar-refractivity contribution < 1.29 is 18.0 Å². The predicted octanol–water partition coefficient (Wildman–Crippen LogP) is 3.15. The number of hydrogen-bond acceptors (Lipinski definition) is 4. The molecule has 0 aliphatic carbocycles. The molecule has 2 rings (SSSR count). The second-order valence-corrected chi connectivity index (χ2v) is 6.39. The summed E-state index contributed by atoms with van der Waals surface area (Å²) in [7, 11) is 0. The van der Waals surface area contributed by atoms with Crippen molar-refractivity contribution in [3.8, 4) is 0 Å². The molecule has 5 nitrogen and oxygen atoms in total. The molecule has 1 aromatic heterocycles. The maximum absolute atomic E-state index is 13.3. The van der Waals surface area contributed by atoms with Crippen LogP contribution < -0.4 is 10.9 Å². The van der Waals surface area contributed by atoms with Crippen LogP contribution in [0, 0.1) is 6.92 Å². The van der Waals surface area contributed by atoms with Crippen LogP contribution in [-0.2, 0) is 11.2 Å². The second kappa shape index (κ2) is 8.39. The van der Waals surface area contributed by atoms with Crippen molar-refractivity contribution in [3.63, 3.8) is 0 Å². The number of aryl methyl sites for hydroxylation is 1. The number of amides is 1. The minimum Gasteiger partial charge on any atom is -0.341 e. The number of carbonyl (C=O) groups excluding carboxylic acids is 1. The number of aromatic nitrogens is 2. The van der Waals surface area contributed by atoms with E-state index in [2.05, 4.69) is 9.97 Å². The zero-order valence-electron chi connectivity index (χ0n) is 14.2. The molecule has 1 heterocycles. The molecule has 0 aliphatic heterocycles. The van der Waals surface area contributed by atoms with Crippen molar-refractivity contribution >= 4 is 17.7 Å². The van der Waals surface area contributed by atoms with E-state index in [0.717, 1.165) is 0 Å². The van der Waals surface area contributed by atoms with E-state index in [0.29, 0.717) is 16.4 Å². The van der Waals surface area contributed by atoms with Crippen LogP contribution in [0.4, 0.5) is 13.2 Å². The number of alkyl halides is 3. The number of hydrogen-bond donors (Lipinski definition) is 2. The molecule has 0 aliphatic rings. The lowest BCUT2D eigenvalue weighted by Gasteiger charge is -2.22. The normalized spacial score (nSPS) is 12.7.